The second-order valence-corrected chi connectivity index (χ2v) is 7.88. The van der Waals surface area contributed by atoms with Gasteiger partial charge in [0.05, 0.1) is 18.3 Å². The van der Waals surface area contributed by atoms with E-state index in [4.69, 9.17) is 0 Å². The molecule has 4 rings (SSSR count). The van der Waals surface area contributed by atoms with Gasteiger partial charge in [-0.2, -0.15) is 3.89 Å². The van der Waals surface area contributed by atoms with E-state index in [9.17, 15) is 13.5 Å². The fraction of sp³-hybridized carbons (Fsp3) is 0.217. The summed E-state index contributed by atoms with van der Waals surface area (Å²) in [6.07, 6.45) is 1.60. The van der Waals surface area contributed by atoms with Gasteiger partial charge in [0.15, 0.2) is 11.5 Å². The summed E-state index contributed by atoms with van der Waals surface area (Å²) in [7, 11) is 1.63. The van der Waals surface area contributed by atoms with Crippen molar-refractivity contribution < 1.29 is 8.68 Å². The Bertz CT molecular complexity index is 1320. The molecule has 0 spiro atoms. The molecule has 0 saturated carbocycles. The van der Waals surface area contributed by atoms with Crippen LogP contribution in [0.15, 0.2) is 70.5 Å². The van der Waals surface area contributed by atoms with E-state index in [0.29, 0.717) is 34.0 Å². The third-order valence-corrected chi connectivity index (χ3v) is 5.93. The summed E-state index contributed by atoms with van der Waals surface area (Å²) < 4.78 is 16.0. The molecule has 0 bridgehead atoms. The van der Waals surface area contributed by atoms with Crippen molar-refractivity contribution in [2.75, 3.05) is 6.54 Å². The molecule has 2 aromatic carbocycles. The smallest absolute Gasteiger partial charge is 0.330 e. The van der Waals surface area contributed by atoms with Crippen molar-refractivity contribution in [2.24, 2.45) is 7.05 Å². The summed E-state index contributed by atoms with van der Waals surface area (Å²) in [5, 5.41) is 0. The van der Waals surface area contributed by atoms with Crippen LogP contribution in [0.25, 0.3) is 22.6 Å². The lowest BCUT2D eigenvalue weighted by molar-refractivity contribution is -0.132. The lowest BCUT2D eigenvalue weighted by Crippen LogP contribution is -2.36. The summed E-state index contributed by atoms with van der Waals surface area (Å²) in [4.78, 5) is 37.0. The number of benzene rings is 2. The highest BCUT2D eigenvalue weighted by atomic mass is 32.2. The van der Waals surface area contributed by atoms with E-state index in [1.54, 1.807) is 36.3 Å². The van der Waals surface area contributed by atoms with Gasteiger partial charge in [0, 0.05) is 30.6 Å². The van der Waals surface area contributed by atoms with Crippen LogP contribution >= 0.6 is 12.1 Å². The maximum absolute atomic E-state index is 13.2. The highest BCUT2D eigenvalue weighted by Crippen LogP contribution is 2.24. The van der Waals surface area contributed by atoms with Gasteiger partial charge in [-0.15, -0.1) is 0 Å². The van der Waals surface area contributed by atoms with Crippen LogP contribution < -0.4 is 5.69 Å². The third kappa shape index (κ3) is 4.16. The fourth-order valence-electron chi connectivity index (χ4n) is 3.57. The summed E-state index contributed by atoms with van der Waals surface area (Å²) in [5.41, 5.74) is 2.14. The number of carbonyl (C=O) groups is 1. The molecule has 164 valence electrons. The second kappa shape index (κ2) is 9.35. The first-order chi connectivity index (χ1) is 15.5. The molecule has 2 heterocycles. The van der Waals surface area contributed by atoms with Crippen LogP contribution in [0, 0.1) is 0 Å². The monoisotopic (exact) mass is 451 g/mol. The zero-order valence-corrected chi connectivity index (χ0v) is 18.6. The van der Waals surface area contributed by atoms with Gasteiger partial charge in [0.25, 0.3) is 0 Å². The van der Waals surface area contributed by atoms with Crippen LogP contribution in [-0.2, 0) is 24.9 Å². The number of halogens is 1. The zero-order valence-electron chi connectivity index (χ0n) is 17.7. The fourth-order valence-corrected chi connectivity index (χ4v) is 3.93. The molecule has 0 aliphatic rings. The maximum Gasteiger partial charge on any atom is 0.330 e. The molecule has 0 N–H and O–H groups in total. The highest BCUT2D eigenvalue weighted by molar-refractivity contribution is 7.94. The molecular formula is C23H22FN5O2S. The topological polar surface area (TPSA) is 73.0 Å². The quantitative estimate of drug-likeness (QED) is 0.427. The lowest BCUT2D eigenvalue weighted by atomic mass is 10.2. The average Bonchev–Trinajstić information content (AvgIpc) is 3.07. The van der Waals surface area contributed by atoms with Gasteiger partial charge in [0.1, 0.15) is 12.1 Å². The van der Waals surface area contributed by atoms with Gasteiger partial charge < -0.3 is 4.90 Å². The summed E-state index contributed by atoms with van der Waals surface area (Å²) in [5.74, 6) is 0.228. The van der Waals surface area contributed by atoms with Crippen molar-refractivity contribution >= 4 is 29.2 Å². The largest absolute Gasteiger partial charge is 0.337 e. The number of likely N-dealkylation sites (N-methyl/N-ethyl adjacent to an activating group) is 1. The molecule has 0 atom stereocenters. The van der Waals surface area contributed by atoms with Crippen molar-refractivity contribution in [2.45, 2.75) is 24.9 Å². The Hall–Kier alpha value is -3.46. The van der Waals surface area contributed by atoms with Gasteiger partial charge in [-0.1, -0.05) is 48.5 Å². The van der Waals surface area contributed by atoms with Gasteiger partial charge in [0.2, 0.25) is 5.91 Å². The number of imidazole rings is 1. The molecule has 1 amide bonds. The van der Waals surface area contributed by atoms with Gasteiger partial charge in [-0.25, -0.2) is 14.8 Å². The lowest BCUT2D eigenvalue weighted by Gasteiger charge is -2.22. The Balaban J connectivity index is 1.67. The Morgan fingerprint density at radius 1 is 1.12 bits per heavy atom. The van der Waals surface area contributed by atoms with Gasteiger partial charge in [-0.3, -0.25) is 13.9 Å². The molecular weight excluding hydrogens is 429 g/mol. The minimum atomic E-state index is -0.344. The first kappa shape index (κ1) is 21.8. The Morgan fingerprint density at radius 2 is 1.84 bits per heavy atom. The summed E-state index contributed by atoms with van der Waals surface area (Å²) in [6, 6.07) is 16.5. The molecule has 9 heteroatoms. The molecule has 0 aliphatic carbocycles. The Labute approximate surface area is 188 Å². The van der Waals surface area contributed by atoms with E-state index in [1.165, 1.54) is 9.13 Å². The molecule has 2 aromatic heterocycles. The molecule has 0 fully saturated rings. The number of amides is 1. The molecule has 7 nitrogen and oxygen atoms in total. The highest BCUT2D eigenvalue weighted by Gasteiger charge is 2.20. The van der Waals surface area contributed by atoms with Crippen molar-refractivity contribution in [3.63, 3.8) is 0 Å². The van der Waals surface area contributed by atoms with Crippen LogP contribution in [0.3, 0.4) is 0 Å². The van der Waals surface area contributed by atoms with Crippen LogP contribution in [0.5, 0.6) is 0 Å². The number of hydrogen-bond donors (Lipinski definition) is 0. The van der Waals surface area contributed by atoms with E-state index >= 15 is 0 Å². The summed E-state index contributed by atoms with van der Waals surface area (Å²) >= 11 is 0.157. The predicted octanol–water partition coefficient (Wildman–Crippen LogP) is 3.82. The van der Waals surface area contributed by atoms with Crippen molar-refractivity contribution in [1.29, 1.82) is 0 Å². The number of aromatic nitrogens is 4. The molecule has 0 radical (unpaired) electrons. The van der Waals surface area contributed by atoms with Gasteiger partial charge in [-0.05, 0) is 18.6 Å². The zero-order chi connectivity index (χ0) is 22.7. The van der Waals surface area contributed by atoms with E-state index < -0.39 is 0 Å². The number of carbonyl (C=O) groups excluding carboxylic acids is 1. The van der Waals surface area contributed by atoms with E-state index in [1.807, 2.05) is 43.3 Å². The van der Waals surface area contributed by atoms with Crippen LogP contribution in [0.4, 0.5) is 3.89 Å². The maximum atomic E-state index is 13.2. The third-order valence-electron chi connectivity index (χ3n) is 5.36. The second-order valence-electron chi connectivity index (χ2n) is 7.29. The minimum absolute atomic E-state index is 0.157. The number of fused-ring (bicyclic) bond motifs is 1. The minimum Gasteiger partial charge on any atom is -0.337 e. The Kier molecular flexibility index (Phi) is 6.36. The van der Waals surface area contributed by atoms with Gasteiger partial charge >= 0.3 is 5.69 Å². The average molecular weight is 452 g/mol. The SMILES string of the molecule is CCN(Cc1ccccc1SF)C(=O)Cn1c(=O)n(C)c2cnc(-c3ccccc3)nc21. The molecule has 0 unspecified atom stereocenters. The molecule has 0 saturated heterocycles. The number of aryl methyl sites for hydroxylation is 1. The van der Waals surface area contributed by atoms with E-state index in [0.717, 1.165) is 5.56 Å². The Morgan fingerprint density at radius 3 is 2.56 bits per heavy atom. The number of rotatable bonds is 7. The molecule has 4 aromatic rings. The van der Waals surface area contributed by atoms with Crippen molar-refractivity contribution in [3.8, 4) is 11.4 Å². The molecule has 0 aliphatic heterocycles. The first-order valence-electron chi connectivity index (χ1n) is 10.2. The van der Waals surface area contributed by atoms with E-state index in [2.05, 4.69) is 9.97 Å². The van der Waals surface area contributed by atoms with Crippen LogP contribution in [0.1, 0.15) is 12.5 Å². The number of hydrogen-bond acceptors (Lipinski definition) is 5. The van der Waals surface area contributed by atoms with E-state index in [-0.39, 0.29) is 36.8 Å². The van der Waals surface area contributed by atoms with Crippen molar-refractivity contribution in [3.05, 3.63) is 76.8 Å². The van der Waals surface area contributed by atoms with Crippen molar-refractivity contribution in [1.82, 2.24) is 24.0 Å². The first-order valence-corrected chi connectivity index (χ1v) is 10.9. The standard InChI is InChI=1S/C23H22FN5O2S/c1-3-28(14-17-11-7-8-12-19(17)32-24)20(30)15-29-22-18(27(2)23(29)31)13-25-21(26-22)16-9-5-4-6-10-16/h4-13H,3,14-15H2,1-2H3. The predicted molar refractivity (Wildman–Crippen MR) is 123 cm³/mol. The molecule has 32 heavy (non-hydrogen) atoms. The summed E-state index contributed by atoms with van der Waals surface area (Å²) in [6.45, 7) is 2.37. The van der Waals surface area contributed by atoms with Crippen LogP contribution in [-0.4, -0.2) is 36.5 Å². The number of nitrogens with zero attached hydrogens (tertiary/aromatic N) is 5. The van der Waals surface area contributed by atoms with Crippen LogP contribution in [0.2, 0.25) is 0 Å². The normalized spacial score (nSPS) is 11.1.